The van der Waals surface area contributed by atoms with Crippen molar-refractivity contribution in [3.63, 3.8) is 0 Å². The zero-order valence-corrected chi connectivity index (χ0v) is 8.21. The number of hydrogen-bond donors (Lipinski definition) is 2. The molecule has 1 aliphatic rings. The fourth-order valence-corrected chi connectivity index (χ4v) is 1.63. The SMILES string of the molecule is C[C@H]1O[C@@H](n2ccc(=O)[nH]c2=O)C[C@H]1O. The van der Waals surface area contributed by atoms with Crippen LogP contribution in [0, 0.1) is 0 Å². The molecule has 6 nitrogen and oxygen atoms in total. The maximum atomic E-state index is 11.4. The molecule has 1 fully saturated rings. The molecule has 2 heterocycles. The Bertz CT molecular complexity index is 454. The predicted molar refractivity (Wildman–Crippen MR) is 51.5 cm³/mol. The average Bonchev–Trinajstić information content (AvgIpc) is 2.46. The van der Waals surface area contributed by atoms with Gasteiger partial charge in [0.25, 0.3) is 5.56 Å². The minimum atomic E-state index is -0.575. The van der Waals surface area contributed by atoms with E-state index >= 15 is 0 Å². The highest BCUT2D eigenvalue weighted by atomic mass is 16.5. The minimum Gasteiger partial charge on any atom is -0.390 e. The van der Waals surface area contributed by atoms with E-state index in [0.717, 1.165) is 0 Å². The van der Waals surface area contributed by atoms with Gasteiger partial charge in [0.2, 0.25) is 0 Å². The van der Waals surface area contributed by atoms with Gasteiger partial charge in [-0.15, -0.1) is 0 Å². The van der Waals surface area contributed by atoms with Crippen molar-refractivity contribution in [2.24, 2.45) is 0 Å². The molecule has 6 heteroatoms. The maximum absolute atomic E-state index is 11.4. The lowest BCUT2D eigenvalue weighted by Crippen LogP contribution is -2.31. The van der Waals surface area contributed by atoms with Crippen molar-refractivity contribution in [2.75, 3.05) is 0 Å². The third kappa shape index (κ3) is 1.86. The Morgan fingerprint density at radius 1 is 1.60 bits per heavy atom. The van der Waals surface area contributed by atoms with E-state index in [-0.39, 0.29) is 6.10 Å². The van der Waals surface area contributed by atoms with Crippen LogP contribution in [0.5, 0.6) is 0 Å². The van der Waals surface area contributed by atoms with E-state index in [1.54, 1.807) is 6.92 Å². The standard InChI is InChI=1S/C9H12N2O4/c1-5-6(12)4-8(15-5)11-3-2-7(13)10-9(11)14/h2-3,5-6,8,12H,4H2,1H3,(H,10,13,14)/t5-,6-,8-/m1/s1. The molecule has 0 unspecified atom stereocenters. The van der Waals surface area contributed by atoms with Gasteiger partial charge in [0.1, 0.15) is 6.23 Å². The topological polar surface area (TPSA) is 84.3 Å². The Hall–Kier alpha value is -1.40. The van der Waals surface area contributed by atoms with Gasteiger partial charge in [-0.3, -0.25) is 14.3 Å². The van der Waals surface area contributed by atoms with Gasteiger partial charge in [-0.25, -0.2) is 4.79 Å². The van der Waals surface area contributed by atoms with Gasteiger partial charge in [-0.2, -0.15) is 0 Å². The number of aromatic nitrogens is 2. The highest BCUT2D eigenvalue weighted by molar-refractivity contribution is 4.87. The molecule has 0 aliphatic carbocycles. The number of ether oxygens (including phenoxy) is 1. The molecule has 1 aromatic heterocycles. The number of nitrogens with zero attached hydrogens (tertiary/aromatic N) is 1. The van der Waals surface area contributed by atoms with Gasteiger partial charge in [0.15, 0.2) is 0 Å². The Balaban J connectivity index is 2.32. The second-order valence-electron chi connectivity index (χ2n) is 3.62. The van der Waals surface area contributed by atoms with Crippen LogP contribution in [0.3, 0.4) is 0 Å². The van der Waals surface area contributed by atoms with Crippen LogP contribution in [0.2, 0.25) is 0 Å². The Labute approximate surface area is 85.1 Å². The quantitative estimate of drug-likeness (QED) is 0.638. The normalized spacial score (nSPS) is 30.7. The highest BCUT2D eigenvalue weighted by Crippen LogP contribution is 2.26. The summed E-state index contributed by atoms with van der Waals surface area (Å²) in [6.45, 7) is 1.74. The lowest BCUT2D eigenvalue weighted by molar-refractivity contribution is -0.0101. The second kappa shape index (κ2) is 3.63. The average molecular weight is 212 g/mol. The molecule has 15 heavy (non-hydrogen) atoms. The predicted octanol–water partition coefficient (Wildman–Crippen LogP) is -0.795. The smallest absolute Gasteiger partial charge is 0.330 e. The molecule has 3 atom stereocenters. The summed E-state index contributed by atoms with van der Waals surface area (Å²) in [4.78, 5) is 24.3. The highest BCUT2D eigenvalue weighted by Gasteiger charge is 2.32. The van der Waals surface area contributed by atoms with Gasteiger partial charge in [-0.05, 0) is 6.92 Å². The summed E-state index contributed by atoms with van der Waals surface area (Å²) in [7, 11) is 0. The Kier molecular flexibility index (Phi) is 2.45. The molecule has 0 radical (unpaired) electrons. The first-order valence-corrected chi connectivity index (χ1v) is 4.73. The van der Waals surface area contributed by atoms with Gasteiger partial charge in [-0.1, -0.05) is 0 Å². The van der Waals surface area contributed by atoms with Crippen molar-refractivity contribution in [3.05, 3.63) is 33.1 Å². The first kappa shape index (κ1) is 10.1. The molecule has 1 aromatic rings. The summed E-state index contributed by atoms with van der Waals surface area (Å²) >= 11 is 0. The molecule has 0 saturated carbocycles. The molecule has 0 bridgehead atoms. The van der Waals surface area contributed by atoms with E-state index < -0.39 is 23.6 Å². The summed E-state index contributed by atoms with van der Waals surface area (Å²) in [5.74, 6) is 0. The molecule has 0 amide bonds. The zero-order valence-electron chi connectivity index (χ0n) is 8.21. The number of hydrogen-bond acceptors (Lipinski definition) is 4. The zero-order chi connectivity index (χ0) is 11.0. The lowest BCUT2D eigenvalue weighted by atomic mass is 10.2. The number of rotatable bonds is 1. The maximum Gasteiger partial charge on any atom is 0.330 e. The minimum absolute atomic E-state index is 0.297. The first-order valence-electron chi connectivity index (χ1n) is 4.73. The van der Waals surface area contributed by atoms with E-state index in [1.165, 1.54) is 16.8 Å². The summed E-state index contributed by atoms with van der Waals surface area (Å²) in [6, 6.07) is 1.25. The summed E-state index contributed by atoms with van der Waals surface area (Å²) < 4.78 is 6.64. The summed E-state index contributed by atoms with van der Waals surface area (Å²) in [5.41, 5.74) is -0.961. The van der Waals surface area contributed by atoms with E-state index in [4.69, 9.17) is 4.74 Å². The summed E-state index contributed by atoms with van der Waals surface area (Å²) in [6.07, 6.45) is 0.353. The van der Waals surface area contributed by atoms with Crippen molar-refractivity contribution in [3.8, 4) is 0 Å². The molecule has 1 saturated heterocycles. The van der Waals surface area contributed by atoms with E-state index in [0.29, 0.717) is 6.42 Å². The Morgan fingerprint density at radius 3 is 2.87 bits per heavy atom. The number of aromatic amines is 1. The van der Waals surface area contributed by atoms with Gasteiger partial charge in [0.05, 0.1) is 12.2 Å². The molecule has 2 rings (SSSR count). The second-order valence-corrected chi connectivity index (χ2v) is 3.62. The van der Waals surface area contributed by atoms with Crippen LogP contribution in [0.4, 0.5) is 0 Å². The monoisotopic (exact) mass is 212 g/mol. The van der Waals surface area contributed by atoms with Gasteiger partial charge >= 0.3 is 5.69 Å². The van der Waals surface area contributed by atoms with Crippen molar-refractivity contribution in [1.29, 1.82) is 0 Å². The molecule has 1 aliphatic heterocycles. The van der Waals surface area contributed by atoms with E-state index in [1.807, 2.05) is 0 Å². The molecular weight excluding hydrogens is 200 g/mol. The molecule has 0 aromatic carbocycles. The number of aliphatic hydroxyl groups is 1. The van der Waals surface area contributed by atoms with Crippen LogP contribution < -0.4 is 11.2 Å². The van der Waals surface area contributed by atoms with Crippen LogP contribution >= 0.6 is 0 Å². The third-order valence-corrected chi connectivity index (χ3v) is 2.52. The van der Waals surface area contributed by atoms with Gasteiger partial charge in [0, 0.05) is 18.7 Å². The fourth-order valence-electron chi connectivity index (χ4n) is 1.63. The number of nitrogens with one attached hydrogen (secondary N) is 1. The van der Waals surface area contributed by atoms with E-state index in [9.17, 15) is 14.7 Å². The molecular formula is C9H12N2O4. The third-order valence-electron chi connectivity index (χ3n) is 2.52. The largest absolute Gasteiger partial charge is 0.390 e. The van der Waals surface area contributed by atoms with E-state index in [2.05, 4.69) is 4.98 Å². The van der Waals surface area contributed by atoms with Crippen LogP contribution in [0.1, 0.15) is 19.6 Å². The van der Waals surface area contributed by atoms with Crippen LogP contribution in [-0.2, 0) is 4.74 Å². The molecule has 2 N–H and O–H groups in total. The first-order chi connectivity index (χ1) is 7.08. The number of aliphatic hydroxyl groups excluding tert-OH is 1. The molecule has 0 spiro atoms. The van der Waals surface area contributed by atoms with Crippen molar-refractivity contribution >= 4 is 0 Å². The lowest BCUT2D eigenvalue weighted by Gasteiger charge is -2.12. The molecule has 82 valence electrons. The number of H-pyrrole nitrogens is 1. The van der Waals surface area contributed by atoms with Crippen LogP contribution in [-0.4, -0.2) is 26.9 Å². The van der Waals surface area contributed by atoms with Crippen molar-refractivity contribution in [1.82, 2.24) is 9.55 Å². The Morgan fingerprint density at radius 2 is 2.33 bits per heavy atom. The summed E-state index contributed by atoms with van der Waals surface area (Å²) in [5, 5.41) is 9.46. The van der Waals surface area contributed by atoms with Gasteiger partial charge < -0.3 is 9.84 Å². The van der Waals surface area contributed by atoms with Crippen molar-refractivity contribution in [2.45, 2.75) is 31.8 Å². The van der Waals surface area contributed by atoms with Crippen LogP contribution in [0.25, 0.3) is 0 Å². The van der Waals surface area contributed by atoms with Crippen LogP contribution in [0.15, 0.2) is 21.9 Å². The van der Waals surface area contributed by atoms with Crippen molar-refractivity contribution < 1.29 is 9.84 Å². The fraction of sp³-hybridized carbons (Fsp3) is 0.556.